The number of amides is 2. The number of benzene rings is 3. The summed E-state index contributed by atoms with van der Waals surface area (Å²) in [5, 5.41) is 6.24. The molecule has 194 valence electrons. The fourth-order valence-electron chi connectivity index (χ4n) is 3.94. The minimum atomic E-state index is -3.66. The van der Waals surface area contributed by atoms with E-state index >= 15 is 0 Å². The van der Waals surface area contributed by atoms with E-state index in [0.717, 1.165) is 5.56 Å². The fourth-order valence-corrected chi connectivity index (χ4v) is 6.88. The van der Waals surface area contributed by atoms with Gasteiger partial charge in [0.05, 0.1) is 0 Å². The quantitative estimate of drug-likeness (QED) is 0.413. The molecule has 0 aliphatic rings. The number of hydrogen-bond donors (Lipinski definition) is 2. The van der Waals surface area contributed by atoms with E-state index in [1.54, 1.807) is 81.4 Å². The maximum atomic E-state index is 14.7. The third-order valence-electron chi connectivity index (χ3n) is 5.60. The smallest absolute Gasteiger partial charge is 0.408 e. The summed E-state index contributed by atoms with van der Waals surface area (Å²) in [6.07, 6.45) is -0.616. The number of carbonyl (C=O) groups excluding carboxylic acids is 3. The van der Waals surface area contributed by atoms with Crippen LogP contribution in [0.3, 0.4) is 0 Å². The van der Waals surface area contributed by atoms with Crippen molar-refractivity contribution in [2.75, 3.05) is 0 Å². The van der Waals surface area contributed by atoms with Gasteiger partial charge in [0.15, 0.2) is 12.9 Å². The van der Waals surface area contributed by atoms with Crippen LogP contribution in [0.1, 0.15) is 33.3 Å². The molecule has 0 radical (unpaired) electrons. The van der Waals surface area contributed by atoms with Crippen molar-refractivity contribution < 1.29 is 23.7 Å². The molecule has 0 aliphatic carbocycles. The number of Topliss-reactive ketones (excluding diaryl/α,β-unsaturated/α-hetero) is 1. The van der Waals surface area contributed by atoms with E-state index in [4.69, 9.17) is 4.74 Å². The molecule has 0 aliphatic heterocycles. The van der Waals surface area contributed by atoms with Crippen molar-refractivity contribution in [3.05, 3.63) is 96.6 Å². The van der Waals surface area contributed by atoms with Gasteiger partial charge in [0.2, 0.25) is 5.91 Å². The van der Waals surface area contributed by atoms with E-state index < -0.39 is 42.4 Å². The average Bonchev–Trinajstić information content (AvgIpc) is 2.86. The lowest BCUT2D eigenvalue weighted by molar-refractivity contribution is -0.126. The number of nitrogens with one attached hydrogen (secondary N) is 2. The molecule has 2 amide bonds. The summed E-state index contributed by atoms with van der Waals surface area (Å²) in [4.78, 5) is 39.2. The van der Waals surface area contributed by atoms with E-state index in [2.05, 4.69) is 10.6 Å². The Kier molecular flexibility index (Phi) is 9.06. The van der Waals surface area contributed by atoms with Gasteiger partial charge < -0.3 is 19.9 Å². The summed E-state index contributed by atoms with van der Waals surface area (Å²) in [5.74, 6) is -2.43. The van der Waals surface area contributed by atoms with Crippen LogP contribution in [0.5, 0.6) is 0 Å². The van der Waals surface area contributed by atoms with Crippen LogP contribution in [0.2, 0.25) is 0 Å². The Bertz CT molecular complexity index is 1210. The van der Waals surface area contributed by atoms with Gasteiger partial charge in [-0.1, -0.05) is 91.0 Å². The molecule has 2 N–H and O–H groups in total. The van der Waals surface area contributed by atoms with Crippen molar-refractivity contribution in [3.8, 4) is 0 Å². The van der Waals surface area contributed by atoms with Gasteiger partial charge in [-0.3, -0.25) is 9.59 Å². The second-order valence-electron chi connectivity index (χ2n) is 9.74. The van der Waals surface area contributed by atoms with Gasteiger partial charge in [-0.2, -0.15) is 0 Å². The topological polar surface area (TPSA) is 102 Å². The highest BCUT2D eigenvalue weighted by atomic mass is 31.2. The zero-order valence-corrected chi connectivity index (χ0v) is 22.4. The molecule has 2 atom stereocenters. The van der Waals surface area contributed by atoms with Crippen LogP contribution >= 0.6 is 7.14 Å². The van der Waals surface area contributed by atoms with Crippen LogP contribution in [0.4, 0.5) is 4.79 Å². The van der Waals surface area contributed by atoms with Gasteiger partial charge in [0.25, 0.3) is 0 Å². The lowest BCUT2D eigenvalue weighted by Crippen LogP contribution is -2.54. The highest BCUT2D eigenvalue weighted by Gasteiger charge is 2.41. The van der Waals surface area contributed by atoms with Crippen molar-refractivity contribution in [1.29, 1.82) is 0 Å². The molecular formula is C29H33N2O5P. The van der Waals surface area contributed by atoms with Crippen molar-refractivity contribution >= 4 is 35.5 Å². The predicted octanol–water partition coefficient (Wildman–Crippen LogP) is 4.17. The molecular weight excluding hydrogens is 487 g/mol. The second-order valence-corrected chi connectivity index (χ2v) is 12.6. The summed E-state index contributed by atoms with van der Waals surface area (Å²) in [6.45, 7) is 6.47. The number of alkyl carbamates (subject to hydrolysis) is 1. The molecule has 37 heavy (non-hydrogen) atoms. The second kappa shape index (κ2) is 12.0. The van der Waals surface area contributed by atoms with Crippen molar-refractivity contribution in [3.63, 3.8) is 0 Å². The average molecular weight is 521 g/mol. The van der Waals surface area contributed by atoms with E-state index in [0.29, 0.717) is 10.6 Å². The predicted molar refractivity (Wildman–Crippen MR) is 146 cm³/mol. The van der Waals surface area contributed by atoms with Gasteiger partial charge in [-0.15, -0.1) is 0 Å². The lowest BCUT2D eigenvalue weighted by atomic mass is 10.1. The number of ether oxygens (including phenoxy) is 1. The molecule has 7 nitrogen and oxygen atoms in total. The largest absolute Gasteiger partial charge is 0.444 e. The zero-order chi connectivity index (χ0) is 27.1. The first-order chi connectivity index (χ1) is 17.5. The van der Waals surface area contributed by atoms with Gasteiger partial charge >= 0.3 is 6.09 Å². The third-order valence-corrected chi connectivity index (χ3v) is 8.95. The van der Waals surface area contributed by atoms with E-state index in [1.807, 2.05) is 30.3 Å². The summed E-state index contributed by atoms with van der Waals surface area (Å²) in [5.41, 5.74) is 0.0307. The molecule has 3 aromatic carbocycles. The number of rotatable bonds is 9. The molecule has 0 aromatic heterocycles. The number of hydrogen-bond acceptors (Lipinski definition) is 5. The Balaban J connectivity index is 1.99. The van der Waals surface area contributed by atoms with Crippen molar-refractivity contribution in [2.45, 2.75) is 51.5 Å². The van der Waals surface area contributed by atoms with Gasteiger partial charge in [0, 0.05) is 17.0 Å². The maximum absolute atomic E-state index is 14.7. The minimum Gasteiger partial charge on any atom is -0.444 e. The van der Waals surface area contributed by atoms with Gasteiger partial charge in [-0.05, 0) is 33.3 Å². The summed E-state index contributed by atoms with van der Waals surface area (Å²) in [6, 6.07) is 25.4. The number of ketones is 1. The van der Waals surface area contributed by atoms with E-state index in [1.165, 1.54) is 6.92 Å². The summed E-state index contributed by atoms with van der Waals surface area (Å²) in [7, 11) is -3.66. The standard InChI is InChI=1S/C29H33N2O5P/c1-21(32)27(37(35,23-16-10-6-11-17-23)24-18-12-7-13-19-24)31-26(33)25(20-22-14-8-5-9-15-22)30-28(34)36-29(2,3)4/h5-19,25,27H,20H2,1-4H3,(H,30,34)(H,31,33)/t25-,27?/m0/s1. The lowest BCUT2D eigenvalue weighted by Gasteiger charge is -2.30. The van der Waals surface area contributed by atoms with E-state index in [9.17, 15) is 18.9 Å². The van der Waals surface area contributed by atoms with Gasteiger partial charge in [-0.25, -0.2) is 4.79 Å². The maximum Gasteiger partial charge on any atom is 0.408 e. The summed E-state index contributed by atoms with van der Waals surface area (Å²) >= 11 is 0. The Morgan fingerprint density at radius 2 is 1.24 bits per heavy atom. The van der Waals surface area contributed by atoms with Gasteiger partial charge in [0.1, 0.15) is 17.4 Å². The van der Waals surface area contributed by atoms with Crippen LogP contribution in [0, 0.1) is 0 Å². The first-order valence-electron chi connectivity index (χ1n) is 12.1. The van der Waals surface area contributed by atoms with Crippen LogP contribution in [0.15, 0.2) is 91.0 Å². The molecule has 0 spiro atoms. The monoisotopic (exact) mass is 520 g/mol. The van der Waals surface area contributed by atoms with Crippen molar-refractivity contribution in [2.24, 2.45) is 0 Å². The normalized spacial score (nSPS) is 13.2. The van der Waals surface area contributed by atoms with Crippen LogP contribution in [-0.4, -0.2) is 35.2 Å². The Hall–Kier alpha value is -3.70. The third kappa shape index (κ3) is 7.40. The molecule has 3 aromatic rings. The van der Waals surface area contributed by atoms with Crippen LogP contribution in [0.25, 0.3) is 0 Å². The molecule has 0 fully saturated rings. The van der Waals surface area contributed by atoms with Crippen molar-refractivity contribution in [1.82, 2.24) is 10.6 Å². The molecule has 0 saturated carbocycles. The summed E-state index contributed by atoms with van der Waals surface area (Å²) < 4.78 is 20.1. The van der Waals surface area contributed by atoms with Crippen LogP contribution < -0.4 is 21.2 Å². The molecule has 0 heterocycles. The Morgan fingerprint density at radius 1 is 0.784 bits per heavy atom. The fraction of sp³-hybridized carbons (Fsp3) is 0.276. The molecule has 1 unspecified atom stereocenters. The Morgan fingerprint density at radius 3 is 1.68 bits per heavy atom. The zero-order valence-electron chi connectivity index (χ0n) is 21.5. The highest BCUT2D eigenvalue weighted by Crippen LogP contribution is 2.47. The SMILES string of the molecule is CC(=O)C(NC(=O)[C@H](Cc1ccccc1)NC(=O)OC(C)(C)C)P(=O)(c1ccccc1)c1ccccc1. The molecule has 0 bridgehead atoms. The number of carbonyl (C=O) groups is 3. The minimum absolute atomic E-state index is 0.150. The van der Waals surface area contributed by atoms with E-state index in [-0.39, 0.29) is 6.42 Å². The van der Waals surface area contributed by atoms with Crippen LogP contribution in [-0.2, 0) is 25.3 Å². The highest BCUT2D eigenvalue weighted by molar-refractivity contribution is 7.80. The first-order valence-corrected chi connectivity index (χ1v) is 13.8. The first kappa shape index (κ1) is 27.9. The Labute approximate surface area is 218 Å². The molecule has 3 rings (SSSR count). The molecule has 8 heteroatoms. The molecule has 0 saturated heterocycles.